The van der Waals surface area contributed by atoms with Gasteiger partial charge < -0.3 is 25.3 Å². The number of nitrogens with one attached hydrogen (secondary N) is 3. The van der Waals surface area contributed by atoms with Crippen molar-refractivity contribution in [2.24, 2.45) is 0 Å². The fraction of sp³-hybridized carbons (Fsp3) is 0.208. The molecule has 2 aromatic carbocycles. The van der Waals surface area contributed by atoms with Crippen LogP contribution in [0.3, 0.4) is 0 Å². The van der Waals surface area contributed by atoms with E-state index in [4.69, 9.17) is 11.6 Å². The molecule has 0 amide bonds. The van der Waals surface area contributed by atoms with Crippen molar-refractivity contribution in [1.29, 1.82) is 0 Å². The molecule has 0 saturated heterocycles. The number of hydrogen-bond acceptors (Lipinski definition) is 8. The van der Waals surface area contributed by atoms with E-state index in [2.05, 4.69) is 37.2 Å². The van der Waals surface area contributed by atoms with Crippen LogP contribution in [0.2, 0.25) is 5.02 Å². The van der Waals surface area contributed by atoms with Gasteiger partial charge in [-0.3, -0.25) is 0 Å². The SMILES string of the molecule is C=C(CNc1ccc(C)c(Nc2ncc(Cl)c(Nc3ccccc3P(C)(C)=O)n2)c1)C(=O)OC. The van der Waals surface area contributed by atoms with E-state index >= 15 is 0 Å². The van der Waals surface area contributed by atoms with Gasteiger partial charge in [0, 0.05) is 28.8 Å². The molecule has 0 aliphatic heterocycles. The second kappa shape index (κ2) is 10.7. The monoisotopic (exact) mass is 499 g/mol. The Hall–Kier alpha value is -3.35. The van der Waals surface area contributed by atoms with Crippen LogP contribution < -0.4 is 21.3 Å². The average Bonchev–Trinajstić information content (AvgIpc) is 2.80. The fourth-order valence-electron chi connectivity index (χ4n) is 3.10. The van der Waals surface area contributed by atoms with Gasteiger partial charge in [0.15, 0.2) is 5.82 Å². The minimum absolute atomic E-state index is 0.249. The lowest BCUT2D eigenvalue weighted by molar-refractivity contribution is -0.136. The fourth-order valence-corrected chi connectivity index (χ4v) is 4.40. The lowest BCUT2D eigenvalue weighted by Gasteiger charge is -2.16. The maximum absolute atomic E-state index is 12.7. The summed E-state index contributed by atoms with van der Waals surface area (Å²) in [5.74, 6) is 0.262. The molecule has 1 heterocycles. The third kappa shape index (κ3) is 6.37. The number of carbonyl (C=O) groups excluding carboxylic acids is 1. The Balaban J connectivity index is 1.82. The highest BCUT2D eigenvalue weighted by molar-refractivity contribution is 7.70. The van der Waals surface area contributed by atoms with Crippen LogP contribution in [-0.2, 0) is 14.1 Å². The van der Waals surface area contributed by atoms with Gasteiger partial charge in [-0.25, -0.2) is 9.78 Å². The highest BCUT2D eigenvalue weighted by atomic mass is 35.5. The van der Waals surface area contributed by atoms with Crippen LogP contribution in [0.4, 0.5) is 28.8 Å². The standard InChI is InChI=1S/C24H27ClN5O3P/c1-15-10-11-17(26-13-16(2)23(31)33-3)12-20(15)29-24-27-14-18(25)22(30-24)28-19-8-6-7-9-21(19)34(4,5)32/h6-12,14,26H,2,13H2,1,3-5H3,(H2,27,28,29,30). The van der Waals surface area contributed by atoms with Gasteiger partial charge >= 0.3 is 5.97 Å². The van der Waals surface area contributed by atoms with Crippen molar-refractivity contribution < 1.29 is 14.1 Å². The van der Waals surface area contributed by atoms with Crippen molar-refractivity contribution in [3.8, 4) is 0 Å². The Labute approximate surface area is 204 Å². The molecule has 1 aromatic heterocycles. The number of aryl methyl sites for hydroxylation is 1. The molecule has 34 heavy (non-hydrogen) atoms. The summed E-state index contributed by atoms with van der Waals surface area (Å²) >= 11 is 6.34. The predicted molar refractivity (Wildman–Crippen MR) is 140 cm³/mol. The predicted octanol–water partition coefficient (Wildman–Crippen LogP) is 5.31. The molecule has 3 aromatic rings. The van der Waals surface area contributed by atoms with Crippen molar-refractivity contribution in [3.63, 3.8) is 0 Å². The summed E-state index contributed by atoms with van der Waals surface area (Å²) in [6.07, 6.45) is 1.50. The lowest BCUT2D eigenvalue weighted by Crippen LogP contribution is -2.13. The van der Waals surface area contributed by atoms with Crippen molar-refractivity contribution in [2.75, 3.05) is 42.9 Å². The van der Waals surface area contributed by atoms with Crippen molar-refractivity contribution in [1.82, 2.24) is 9.97 Å². The second-order valence-electron chi connectivity index (χ2n) is 7.99. The highest BCUT2D eigenvalue weighted by Crippen LogP contribution is 2.38. The molecule has 0 radical (unpaired) electrons. The molecule has 0 saturated carbocycles. The first-order chi connectivity index (χ1) is 16.1. The molecule has 10 heteroatoms. The Morgan fingerprint density at radius 2 is 1.88 bits per heavy atom. The number of aromatic nitrogens is 2. The molecular formula is C24H27ClN5O3P. The molecule has 3 rings (SSSR count). The van der Waals surface area contributed by atoms with Gasteiger partial charge in [-0.2, -0.15) is 4.98 Å². The quantitative estimate of drug-likeness (QED) is 0.206. The number of anilines is 5. The van der Waals surface area contributed by atoms with E-state index in [1.165, 1.54) is 13.3 Å². The van der Waals surface area contributed by atoms with Gasteiger partial charge in [-0.1, -0.05) is 36.4 Å². The number of benzene rings is 2. The number of esters is 1. The number of nitrogens with zero attached hydrogens (tertiary/aromatic N) is 2. The summed E-state index contributed by atoms with van der Waals surface area (Å²) in [7, 11) is -1.20. The first kappa shape index (κ1) is 25.3. The number of ether oxygens (including phenoxy) is 1. The minimum atomic E-state index is -2.52. The highest BCUT2D eigenvalue weighted by Gasteiger charge is 2.17. The zero-order valence-electron chi connectivity index (χ0n) is 19.5. The first-order valence-corrected chi connectivity index (χ1v) is 13.4. The van der Waals surface area contributed by atoms with E-state index < -0.39 is 13.1 Å². The number of halogens is 1. The van der Waals surface area contributed by atoms with Gasteiger partial charge in [0.1, 0.15) is 12.2 Å². The molecule has 8 nitrogen and oxygen atoms in total. The lowest BCUT2D eigenvalue weighted by atomic mass is 10.1. The van der Waals surface area contributed by atoms with E-state index in [9.17, 15) is 9.36 Å². The van der Waals surface area contributed by atoms with Crippen LogP contribution in [0.5, 0.6) is 0 Å². The molecule has 0 aliphatic carbocycles. The third-order valence-corrected chi connectivity index (χ3v) is 6.77. The molecule has 0 unspecified atom stereocenters. The average molecular weight is 500 g/mol. The van der Waals surface area contributed by atoms with E-state index in [1.807, 2.05) is 49.4 Å². The van der Waals surface area contributed by atoms with Gasteiger partial charge in [0.05, 0.1) is 19.0 Å². The Morgan fingerprint density at radius 3 is 2.59 bits per heavy atom. The van der Waals surface area contributed by atoms with Crippen LogP contribution >= 0.6 is 18.7 Å². The third-order valence-electron chi connectivity index (χ3n) is 4.95. The maximum Gasteiger partial charge on any atom is 0.334 e. The normalized spacial score (nSPS) is 11.0. The first-order valence-electron chi connectivity index (χ1n) is 10.4. The molecule has 3 N–H and O–H groups in total. The summed E-state index contributed by atoms with van der Waals surface area (Å²) in [6.45, 7) is 9.34. The summed E-state index contributed by atoms with van der Waals surface area (Å²) < 4.78 is 17.4. The van der Waals surface area contributed by atoms with E-state index in [1.54, 1.807) is 13.3 Å². The largest absolute Gasteiger partial charge is 0.466 e. The summed E-state index contributed by atoms with van der Waals surface area (Å²) in [6, 6.07) is 13.1. The van der Waals surface area contributed by atoms with Gasteiger partial charge in [-0.05, 0) is 50.1 Å². The number of carbonyl (C=O) groups is 1. The number of rotatable bonds is 9. The van der Waals surface area contributed by atoms with E-state index in [0.717, 1.165) is 16.9 Å². The van der Waals surface area contributed by atoms with E-state index in [0.29, 0.717) is 33.4 Å². The smallest absolute Gasteiger partial charge is 0.334 e. The summed E-state index contributed by atoms with van der Waals surface area (Å²) in [4.78, 5) is 20.3. The Kier molecular flexibility index (Phi) is 7.97. The molecule has 0 aliphatic rings. The molecule has 0 bridgehead atoms. The summed E-state index contributed by atoms with van der Waals surface area (Å²) in [5.41, 5.74) is 3.51. The van der Waals surface area contributed by atoms with Gasteiger partial charge in [0.2, 0.25) is 5.95 Å². The number of methoxy groups -OCH3 is 1. The van der Waals surface area contributed by atoms with Crippen LogP contribution in [0.15, 0.2) is 60.8 Å². The number of para-hydroxylation sites is 1. The van der Waals surface area contributed by atoms with Crippen LogP contribution in [0, 0.1) is 6.92 Å². The van der Waals surface area contributed by atoms with Crippen molar-refractivity contribution in [3.05, 3.63) is 71.4 Å². The topological polar surface area (TPSA) is 105 Å². The molecule has 0 spiro atoms. The Bertz CT molecular complexity index is 1280. The van der Waals surface area contributed by atoms with Gasteiger partial charge in [-0.15, -0.1) is 0 Å². The second-order valence-corrected chi connectivity index (χ2v) is 11.6. The van der Waals surface area contributed by atoms with Crippen molar-refractivity contribution in [2.45, 2.75) is 6.92 Å². The maximum atomic E-state index is 12.7. The zero-order chi connectivity index (χ0) is 24.9. The van der Waals surface area contributed by atoms with Crippen LogP contribution in [0.1, 0.15) is 5.56 Å². The Morgan fingerprint density at radius 1 is 1.15 bits per heavy atom. The minimum Gasteiger partial charge on any atom is -0.466 e. The van der Waals surface area contributed by atoms with Crippen LogP contribution in [-0.4, -0.2) is 42.9 Å². The van der Waals surface area contributed by atoms with Gasteiger partial charge in [0.25, 0.3) is 0 Å². The number of hydrogen-bond donors (Lipinski definition) is 3. The summed E-state index contributed by atoms with van der Waals surface area (Å²) in [5, 5.41) is 10.6. The van der Waals surface area contributed by atoms with Crippen molar-refractivity contribution >= 4 is 58.8 Å². The van der Waals surface area contributed by atoms with E-state index in [-0.39, 0.29) is 6.54 Å². The molecule has 178 valence electrons. The molecular weight excluding hydrogens is 473 g/mol. The molecule has 0 atom stereocenters. The molecule has 0 fully saturated rings. The van der Waals surface area contributed by atoms with Crippen LogP contribution in [0.25, 0.3) is 0 Å². The zero-order valence-corrected chi connectivity index (χ0v) is 21.1.